The van der Waals surface area contributed by atoms with E-state index in [9.17, 15) is 54.9 Å². The number of rotatable bonds is 14. The first-order valence-electron chi connectivity index (χ1n) is 12.2. The first kappa shape index (κ1) is 32.3. The van der Waals surface area contributed by atoms with Crippen molar-refractivity contribution in [2.24, 2.45) is 5.92 Å². The van der Waals surface area contributed by atoms with Gasteiger partial charge in [0.15, 0.2) is 0 Å². The third kappa shape index (κ3) is 7.19. The highest BCUT2D eigenvalue weighted by Crippen LogP contribution is 2.39. The summed E-state index contributed by atoms with van der Waals surface area (Å²) in [5.74, 6) is -6.27. The average Bonchev–Trinajstić information content (AvgIpc) is 3.40. The number of aliphatic hydroxyl groups excluding tert-OH is 8. The predicted octanol–water partition coefficient (Wildman–Crippen LogP) is -3.76. The topological polar surface area (TPSA) is 261 Å². The fourth-order valence-electron chi connectivity index (χ4n) is 4.49. The Labute approximate surface area is 223 Å². The Morgan fingerprint density at radius 2 is 1.51 bits per heavy atom. The van der Waals surface area contributed by atoms with E-state index in [0.717, 1.165) is 19.9 Å². The van der Waals surface area contributed by atoms with Crippen LogP contribution >= 0.6 is 0 Å². The summed E-state index contributed by atoms with van der Waals surface area (Å²) in [5, 5.41) is 83.4. The van der Waals surface area contributed by atoms with Crippen molar-refractivity contribution >= 4 is 23.6 Å². The van der Waals surface area contributed by atoms with Crippen LogP contribution in [-0.4, -0.2) is 126 Å². The Morgan fingerprint density at radius 1 is 0.923 bits per heavy atom. The number of esters is 2. The van der Waals surface area contributed by atoms with Crippen molar-refractivity contribution in [3.8, 4) is 0 Å². The van der Waals surface area contributed by atoms with Crippen LogP contribution in [0.15, 0.2) is 23.0 Å². The molecule has 0 bridgehead atoms. The lowest BCUT2D eigenvalue weighted by molar-refractivity contribution is -0.152. The number of ketones is 1. The van der Waals surface area contributed by atoms with Crippen molar-refractivity contribution in [2.75, 3.05) is 6.61 Å². The minimum atomic E-state index is -2.00. The van der Waals surface area contributed by atoms with Crippen molar-refractivity contribution in [3.63, 3.8) is 0 Å². The van der Waals surface area contributed by atoms with Gasteiger partial charge in [-0.15, -0.1) is 0 Å². The van der Waals surface area contributed by atoms with Gasteiger partial charge in [-0.1, -0.05) is 6.92 Å². The molecule has 0 saturated carbocycles. The summed E-state index contributed by atoms with van der Waals surface area (Å²) in [6, 6.07) is -1.58. The first-order chi connectivity index (χ1) is 18.2. The molecular formula is C24H35NO14. The number of amides is 1. The fourth-order valence-corrected chi connectivity index (χ4v) is 4.49. The maximum atomic E-state index is 12.9. The summed E-state index contributed by atoms with van der Waals surface area (Å²) in [6.07, 6.45) is -13.6. The number of nitrogens with one attached hydrogen (secondary N) is 1. The Morgan fingerprint density at radius 3 is 2.03 bits per heavy atom. The standard InChI is InChI=1S/C24H35NO14/c1-4-12(29)18(32)17(31)11(5-8(2)27)22-15(20(34)24(37)39-22)10-6-14(38-23(10)36)16(25-9(3)28)21(35)19(33)13(30)7-26/h6,11-14,16-19,21-22,26,29-35H,4-5,7H2,1-3H3,(H,25,28). The van der Waals surface area contributed by atoms with Crippen molar-refractivity contribution in [1.29, 1.82) is 0 Å². The first-order valence-corrected chi connectivity index (χ1v) is 12.2. The summed E-state index contributed by atoms with van der Waals surface area (Å²) in [7, 11) is 0. The molecule has 0 fully saturated rings. The second-order valence-electron chi connectivity index (χ2n) is 9.52. The summed E-state index contributed by atoms with van der Waals surface area (Å²) in [6.45, 7) is 2.76. The van der Waals surface area contributed by atoms with Crippen LogP contribution < -0.4 is 5.32 Å². The molecule has 15 nitrogen and oxygen atoms in total. The van der Waals surface area contributed by atoms with Gasteiger partial charge in [-0.25, -0.2) is 9.59 Å². The molecule has 10 atom stereocenters. The largest absolute Gasteiger partial charge is 0.502 e. The number of carbonyl (C=O) groups excluding carboxylic acids is 4. The molecule has 2 aliphatic rings. The van der Waals surface area contributed by atoms with Gasteiger partial charge in [0, 0.05) is 19.3 Å². The third-order valence-corrected chi connectivity index (χ3v) is 6.59. The van der Waals surface area contributed by atoms with E-state index in [-0.39, 0.29) is 6.42 Å². The number of hydrogen-bond acceptors (Lipinski definition) is 14. The zero-order valence-electron chi connectivity index (χ0n) is 21.5. The van der Waals surface area contributed by atoms with E-state index in [0.29, 0.717) is 0 Å². The molecule has 0 aromatic rings. The summed E-state index contributed by atoms with van der Waals surface area (Å²) in [5.41, 5.74) is -1.01. The van der Waals surface area contributed by atoms with Crippen LogP contribution in [0.2, 0.25) is 0 Å². The Hall–Kier alpha value is -2.92. The molecule has 10 unspecified atom stereocenters. The van der Waals surface area contributed by atoms with E-state index in [1.54, 1.807) is 0 Å². The molecule has 9 N–H and O–H groups in total. The highest BCUT2D eigenvalue weighted by Gasteiger charge is 2.50. The second kappa shape index (κ2) is 13.4. The number of cyclic esters (lactones) is 2. The van der Waals surface area contributed by atoms with Crippen LogP contribution in [0, 0.1) is 5.92 Å². The normalized spacial score (nSPS) is 25.5. The van der Waals surface area contributed by atoms with Crippen LogP contribution in [0.25, 0.3) is 0 Å². The van der Waals surface area contributed by atoms with Gasteiger partial charge >= 0.3 is 11.9 Å². The lowest BCUT2D eigenvalue weighted by atomic mass is 9.81. The number of Topliss-reactive ketones (excluding diaryl/α,β-unsaturated/α-hetero) is 1. The summed E-state index contributed by atoms with van der Waals surface area (Å²) in [4.78, 5) is 49.0. The molecule has 220 valence electrons. The molecule has 39 heavy (non-hydrogen) atoms. The molecule has 0 aromatic heterocycles. The fraction of sp³-hybridized carbons (Fsp3) is 0.667. The zero-order chi connectivity index (χ0) is 29.8. The van der Waals surface area contributed by atoms with Crippen LogP contribution in [0.1, 0.15) is 33.6 Å². The van der Waals surface area contributed by atoms with Crippen LogP contribution in [-0.2, 0) is 28.7 Å². The minimum Gasteiger partial charge on any atom is -0.502 e. The molecule has 2 heterocycles. The molecule has 1 amide bonds. The number of ether oxygens (including phenoxy) is 2. The van der Waals surface area contributed by atoms with Gasteiger partial charge in [-0.05, 0) is 19.4 Å². The monoisotopic (exact) mass is 561 g/mol. The third-order valence-electron chi connectivity index (χ3n) is 6.59. The summed E-state index contributed by atoms with van der Waals surface area (Å²) >= 11 is 0. The second-order valence-corrected chi connectivity index (χ2v) is 9.52. The molecular weight excluding hydrogens is 526 g/mol. The molecule has 0 radical (unpaired) electrons. The van der Waals surface area contributed by atoms with E-state index >= 15 is 0 Å². The molecule has 2 aliphatic heterocycles. The molecule has 15 heteroatoms. The van der Waals surface area contributed by atoms with Crippen molar-refractivity contribution < 1.29 is 69.5 Å². The maximum absolute atomic E-state index is 12.9. The maximum Gasteiger partial charge on any atom is 0.374 e. The molecule has 0 aliphatic carbocycles. The van der Waals surface area contributed by atoms with Gasteiger partial charge in [0.05, 0.1) is 36.0 Å². The van der Waals surface area contributed by atoms with E-state index in [4.69, 9.17) is 14.6 Å². The molecule has 2 rings (SSSR count). The average molecular weight is 562 g/mol. The van der Waals surface area contributed by atoms with E-state index in [1.807, 2.05) is 0 Å². The predicted molar refractivity (Wildman–Crippen MR) is 127 cm³/mol. The number of hydrogen-bond donors (Lipinski definition) is 9. The van der Waals surface area contributed by atoms with Gasteiger partial charge in [0.1, 0.15) is 42.4 Å². The minimum absolute atomic E-state index is 0.0201. The highest BCUT2D eigenvalue weighted by molar-refractivity contribution is 6.01. The van der Waals surface area contributed by atoms with Gasteiger partial charge in [0.2, 0.25) is 11.7 Å². The van der Waals surface area contributed by atoms with Crippen molar-refractivity contribution in [2.45, 2.75) is 88.5 Å². The van der Waals surface area contributed by atoms with E-state index in [1.165, 1.54) is 6.92 Å². The number of carbonyl (C=O) groups is 4. The van der Waals surface area contributed by atoms with E-state index in [2.05, 4.69) is 5.32 Å². The van der Waals surface area contributed by atoms with Crippen LogP contribution in [0.5, 0.6) is 0 Å². The Bertz CT molecular complexity index is 1010. The smallest absolute Gasteiger partial charge is 0.374 e. The quantitative estimate of drug-likeness (QED) is 0.0923. The van der Waals surface area contributed by atoms with Gasteiger partial charge in [0.25, 0.3) is 0 Å². The zero-order valence-corrected chi connectivity index (χ0v) is 21.5. The SMILES string of the molecule is CCC(O)C(O)C(O)C(CC(C)=O)C1OC(=O)C(O)=C1C1=CC(C(NC(C)=O)C(O)C(O)C(O)CO)OC1=O. The lowest BCUT2D eigenvalue weighted by Crippen LogP contribution is -2.57. The molecule has 0 spiro atoms. The number of aliphatic hydroxyl groups is 8. The van der Waals surface area contributed by atoms with Crippen molar-refractivity contribution in [3.05, 3.63) is 23.0 Å². The van der Waals surface area contributed by atoms with Gasteiger partial charge in [-0.2, -0.15) is 0 Å². The lowest BCUT2D eigenvalue weighted by Gasteiger charge is -2.32. The highest BCUT2D eigenvalue weighted by atomic mass is 16.6. The van der Waals surface area contributed by atoms with Crippen LogP contribution in [0.4, 0.5) is 0 Å². The summed E-state index contributed by atoms with van der Waals surface area (Å²) < 4.78 is 10.3. The van der Waals surface area contributed by atoms with Gasteiger partial charge < -0.3 is 60.4 Å². The van der Waals surface area contributed by atoms with Crippen LogP contribution in [0.3, 0.4) is 0 Å². The van der Waals surface area contributed by atoms with E-state index < -0.39 is 114 Å². The van der Waals surface area contributed by atoms with Crippen molar-refractivity contribution in [1.82, 2.24) is 5.32 Å². The molecule has 0 aromatic carbocycles. The Kier molecular flexibility index (Phi) is 11.1. The van der Waals surface area contributed by atoms with Gasteiger partial charge in [-0.3, -0.25) is 4.79 Å². The Balaban J connectivity index is 2.54. The molecule has 0 saturated heterocycles.